The fourth-order valence-corrected chi connectivity index (χ4v) is 1.81. The molecule has 2 aliphatic rings. The van der Waals surface area contributed by atoms with E-state index in [1.165, 1.54) is 12.8 Å². The number of hydrogen-bond acceptors (Lipinski definition) is 3. The van der Waals surface area contributed by atoms with E-state index in [1.54, 1.807) is 0 Å². The second kappa shape index (κ2) is 3.64. The average Bonchev–Trinajstić information content (AvgIpc) is 2.84. The van der Waals surface area contributed by atoms with Crippen LogP contribution in [0.15, 0.2) is 0 Å². The van der Waals surface area contributed by atoms with E-state index in [2.05, 4.69) is 10.2 Å². The molecule has 0 aromatic heterocycles. The van der Waals surface area contributed by atoms with Gasteiger partial charge in [0, 0.05) is 31.6 Å². The maximum atomic E-state index is 10.8. The summed E-state index contributed by atoms with van der Waals surface area (Å²) in [5.74, 6) is 0.626. The van der Waals surface area contributed by atoms with Crippen molar-refractivity contribution in [3.05, 3.63) is 0 Å². The van der Waals surface area contributed by atoms with E-state index in [1.807, 2.05) is 0 Å². The highest BCUT2D eigenvalue weighted by Crippen LogP contribution is 2.32. The molecule has 0 radical (unpaired) electrons. The molecule has 0 aromatic rings. The minimum atomic E-state index is -0.0372. The van der Waals surface area contributed by atoms with Crippen molar-refractivity contribution >= 4 is 5.91 Å². The third-order valence-electron chi connectivity index (χ3n) is 2.82. The van der Waals surface area contributed by atoms with Crippen molar-refractivity contribution in [2.45, 2.75) is 18.9 Å². The molecule has 2 fully saturated rings. The van der Waals surface area contributed by atoms with Gasteiger partial charge in [-0.1, -0.05) is 0 Å². The lowest BCUT2D eigenvalue weighted by atomic mass is 10.00. The van der Waals surface area contributed by atoms with Gasteiger partial charge in [0.1, 0.15) is 0 Å². The number of nitrogens with one attached hydrogen (secondary N) is 1. The number of carbonyl (C=O) groups is 1. The number of rotatable bonds is 4. The lowest BCUT2D eigenvalue weighted by Crippen LogP contribution is -2.52. The van der Waals surface area contributed by atoms with Gasteiger partial charge in [-0.05, 0) is 12.8 Å². The number of nitrogens with zero attached hydrogens (tertiary/aromatic N) is 1. The van der Waals surface area contributed by atoms with Gasteiger partial charge >= 0.3 is 0 Å². The third kappa shape index (κ3) is 2.19. The molecule has 0 unspecified atom stereocenters. The standard InChI is InChI=1S/C9H17N3O/c10-3-9(13)11-4-7-5-12(6-7)8-1-2-8/h7-8H,1-6,10H2,(H,11,13). The Morgan fingerprint density at radius 1 is 1.46 bits per heavy atom. The molecule has 0 atom stereocenters. The number of amides is 1. The number of likely N-dealkylation sites (tertiary alicyclic amines) is 1. The van der Waals surface area contributed by atoms with Gasteiger partial charge in [-0.15, -0.1) is 0 Å². The van der Waals surface area contributed by atoms with Crippen LogP contribution in [0.25, 0.3) is 0 Å². The van der Waals surface area contributed by atoms with E-state index < -0.39 is 0 Å². The summed E-state index contributed by atoms with van der Waals surface area (Å²) in [6.45, 7) is 3.24. The lowest BCUT2D eigenvalue weighted by Gasteiger charge is -2.39. The van der Waals surface area contributed by atoms with Crippen LogP contribution in [0.1, 0.15) is 12.8 Å². The van der Waals surface area contributed by atoms with Crippen LogP contribution >= 0.6 is 0 Å². The topological polar surface area (TPSA) is 58.4 Å². The van der Waals surface area contributed by atoms with Crippen LogP contribution in [0.2, 0.25) is 0 Å². The molecule has 1 saturated carbocycles. The van der Waals surface area contributed by atoms with E-state index in [9.17, 15) is 4.79 Å². The molecule has 0 aromatic carbocycles. The van der Waals surface area contributed by atoms with Gasteiger partial charge in [0.15, 0.2) is 0 Å². The molecular formula is C9H17N3O. The highest BCUT2D eigenvalue weighted by Gasteiger charge is 2.37. The molecule has 1 heterocycles. The third-order valence-corrected chi connectivity index (χ3v) is 2.82. The van der Waals surface area contributed by atoms with Crippen molar-refractivity contribution in [2.75, 3.05) is 26.2 Å². The van der Waals surface area contributed by atoms with Crippen LogP contribution in [-0.4, -0.2) is 43.0 Å². The van der Waals surface area contributed by atoms with Crippen LogP contribution in [0.5, 0.6) is 0 Å². The normalized spacial score (nSPS) is 24.1. The van der Waals surface area contributed by atoms with Crippen LogP contribution < -0.4 is 11.1 Å². The molecule has 2 rings (SSSR count). The first-order chi connectivity index (χ1) is 6.29. The summed E-state index contributed by atoms with van der Waals surface area (Å²) < 4.78 is 0. The Morgan fingerprint density at radius 3 is 2.69 bits per heavy atom. The van der Waals surface area contributed by atoms with Gasteiger partial charge in [-0.2, -0.15) is 0 Å². The maximum absolute atomic E-state index is 10.8. The molecule has 4 heteroatoms. The van der Waals surface area contributed by atoms with Gasteiger partial charge in [0.25, 0.3) is 0 Å². The molecule has 1 saturated heterocycles. The Morgan fingerprint density at radius 2 is 2.15 bits per heavy atom. The number of carbonyl (C=O) groups excluding carboxylic acids is 1. The van der Waals surface area contributed by atoms with Crippen molar-refractivity contribution < 1.29 is 4.79 Å². The van der Waals surface area contributed by atoms with Gasteiger partial charge in [0.2, 0.25) is 5.91 Å². The van der Waals surface area contributed by atoms with Crippen molar-refractivity contribution in [1.82, 2.24) is 10.2 Å². The lowest BCUT2D eigenvalue weighted by molar-refractivity contribution is -0.120. The quantitative estimate of drug-likeness (QED) is 0.597. The first-order valence-corrected chi connectivity index (χ1v) is 5.00. The largest absolute Gasteiger partial charge is 0.355 e. The molecule has 1 amide bonds. The minimum absolute atomic E-state index is 0.0372. The van der Waals surface area contributed by atoms with E-state index in [-0.39, 0.29) is 12.5 Å². The molecule has 74 valence electrons. The molecule has 0 spiro atoms. The second-order valence-corrected chi connectivity index (χ2v) is 4.06. The number of hydrogen-bond donors (Lipinski definition) is 2. The first-order valence-electron chi connectivity index (χ1n) is 5.00. The van der Waals surface area contributed by atoms with Crippen molar-refractivity contribution in [3.63, 3.8) is 0 Å². The van der Waals surface area contributed by atoms with Gasteiger partial charge in [0.05, 0.1) is 6.54 Å². The predicted octanol–water partition coefficient (Wildman–Crippen LogP) is -0.844. The number of nitrogens with two attached hydrogens (primary N) is 1. The zero-order valence-corrected chi connectivity index (χ0v) is 7.83. The van der Waals surface area contributed by atoms with Crippen molar-refractivity contribution in [2.24, 2.45) is 11.7 Å². The van der Waals surface area contributed by atoms with Crippen LogP contribution in [-0.2, 0) is 4.79 Å². The van der Waals surface area contributed by atoms with Gasteiger partial charge in [-0.25, -0.2) is 0 Å². The highest BCUT2D eigenvalue weighted by atomic mass is 16.1. The van der Waals surface area contributed by atoms with Crippen molar-refractivity contribution in [3.8, 4) is 0 Å². The van der Waals surface area contributed by atoms with Crippen LogP contribution in [0.4, 0.5) is 0 Å². The van der Waals surface area contributed by atoms with Crippen molar-refractivity contribution in [1.29, 1.82) is 0 Å². The average molecular weight is 183 g/mol. The Kier molecular flexibility index (Phi) is 2.51. The predicted molar refractivity (Wildman–Crippen MR) is 50.1 cm³/mol. The van der Waals surface area contributed by atoms with E-state index in [0.29, 0.717) is 5.92 Å². The van der Waals surface area contributed by atoms with Gasteiger partial charge in [-0.3, -0.25) is 9.69 Å². The zero-order chi connectivity index (χ0) is 9.26. The molecule has 4 nitrogen and oxygen atoms in total. The molecule has 1 aliphatic carbocycles. The monoisotopic (exact) mass is 183 g/mol. The molecule has 1 aliphatic heterocycles. The SMILES string of the molecule is NCC(=O)NCC1CN(C2CC2)C1. The van der Waals surface area contributed by atoms with E-state index >= 15 is 0 Å². The molecule has 13 heavy (non-hydrogen) atoms. The second-order valence-electron chi connectivity index (χ2n) is 4.06. The van der Waals surface area contributed by atoms with E-state index in [0.717, 1.165) is 25.7 Å². The molecular weight excluding hydrogens is 166 g/mol. The smallest absolute Gasteiger partial charge is 0.233 e. The first kappa shape index (κ1) is 8.97. The summed E-state index contributed by atoms with van der Waals surface area (Å²) >= 11 is 0. The Bertz CT molecular complexity index is 197. The Balaban J connectivity index is 1.56. The van der Waals surface area contributed by atoms with Crippen LogP contribution in [0, 0.1) is 5.92 Å². The summed E-state index contributed by atoms with van der Waals surface area (Å²) in [6, 6.07) is 0.876. The fourth-order valence-electron chi connectivity index (χ4n) is 1.81. The molecule has 3 N–H and O–H groups in total. The fraction of sp³-hybridized carbons (Fsp3) is 0.889. The van der Waals surface area contributed by atoms with Gasteiger partial charge < -0.3 is 11.1 Å². The molecule has 0 bridgehead atoms. The Labute approximate surface area is 78.5 Å². The Hall–Kier alpha value is -0.610. The summed E-state index contributed by atoms with van der Waals surface area (Å²) in [5, 5.41) is 2.82. The minimum Gasteiger partial charge on any atom is -0.355 e. The van der Waals surface area contributed by atoms with E-state index in [4.69, 9.17) is 5.73 Å². The summed E-state index contributed by atoms with van der Waals surface area (Å²) in [7, 11) is 0. The maximum Gasteiger partial charge on any atom is 0.233 e. The summed E-state index contributed by atoms with van der Waals surface area (Å²) in [6.07, 6.45) is 2.75. The zero-order valence-electron chi connectivity index (χ0n) is 7.83. The highest BCUT2D eigenvalue weighted by molar-refractivity contribution is 5.77. The van der Waals surface area contributed by atoms with Crippen LogP contribution in [0.3, 0.4) is 0 Å². The summed E-state index contributed by atoms with van der Waals surface area (Å²) in [5.41, 5.74) is 5.18. The summed E-state index contributed by atoms with van der Waals surface area (Å²) in [4.78, 5) is 13.3.